The van der Waals surface area contributed by atoms with Crippen molar-refractivity contribution in [3.8, 4) is 11.5 Å². The van der Waals surface area contributed by atoms with E-state index in [9.17, 15) is 5.11 Å². The van der Waals surface area contributed by atoms with Gasteiger partial charge in [0, 0.05) is 25.3 Å². The van der Waals surface area contributed by atoms with Crippen molar-refractivity contribution < 1.29 is 19.3 Å². The molecule has 0 bridgehead atoms. The molecule has 23 heavy (non-hydrogen) atoms. The van der Waals surface area contributed by atoms with Crippen molar-refractivity contribution in [2.45, 2.75) is 32.4 Å². The molecule has 0 saturated heterocycles. The smallest absolute Gasteiger partial charge is 0.123 e. The molecule has 1 aromatic carbocycles. The Morgan fingerprint density at radius 1 is 1.26 bits per heavy atom. The Labute approximate surface area is 139 Å². The van der Waals surface area contributed by atoms with Gasteiger partial charge in [-0.1, -0.05) is 19.9 Å². The Morgan fingerprint density at radius 2 is 2.04 bits per heavy atom. The number of allylic oxidation sites excluding steroid dienone is 1. The minimum absolute atomic E-state index is 0.244. The van der Waals surface area contributed by atoms with Crippen molar-refractivity contribution in [1.29, 1.82) is 0 Å². The van der Waals surface area contributed by atoms with E-state index in [-0.39, 0.29) is 6.61 Å². The van der Waals surface area contributed by atoms with Crippen LogP contribution in [0.15, 0.2) is 30.9 Å². The first-order valence-corrected chi connectivity index (χ1v) is 7.96. The van der Waals surface area contributed by atoms with Crippen LogP contribution >= 0.6 is 0 Å². The SMILES string of the molecule is C=CCc1cc(OCCOC)ccc1OCC(O)CNC(C)C. The summed E-state index contributed by atoms with van der Waals surface area (Å²) >= 11 is 0. The average molecular weight is 323 g/mol. The highest BCUT2D eigenvalue weighted by Gasteiger charge is 2.09. The number of hydrogen-bond acceptors (Lipinski definition) is 5. The third-order valence-electron chi connectivity index (χ3n) is 3.15. The van der Waals surface area contributed by atoms with E-state index in [0.717, 1.165) is 17.1 Å². The second-order valence-corrected chi connectivity index (χ2v) is 5.63. The Morgan fingerprint density at radius 3 is 2.70 bits per heavy atom. The Bertz CT molecular complexity index is 462. The summed E-state index contributed by atoms with van der Waals surface area (Å²) in [5, 5.41) is 13.1. The van der Waals surface area contributed by atoms with Gasteiger partial charge in [0.05, 0.1) is 6.61 Å². The van der Waals surface area contributed by atoms with E-state index in [2.05, 4.69) is 11.9 Å². The van der Waals surface area contributed by atoms with E-state index < -0.39 is 6.10 Å². The molecule has 0 saturated carbocycles. The highest BCUT2D eigenvalue weighted by molar-refractivity contribution is 5.41. The minimum Gasteiger partial charge on any atom is -0.491 e. The zero-order chi connectivity index (χ0) is 17.1. The van der Waals surface area contributed by atoms with Crippen LogP contribution in [0.4, 0.5) is 0 Å². The van der Waals surface area contributed by atoms with Crippen molar-refractivity contribution in [2.24, 2.45) is 0 Å². The van der Waals surface area contributed by atoms with Crippen LogP contribution in [-0.4, -0.2) is 50.7 Å². The predicted octanol–water partition coefficient (Wildman–Crippen LogP) is 2.18. The topological polar surface area (TPSA) is 60.0 Å². The molecule has 1 unspecified atom stereocenters. The number of aliphatic hydroxyl groups is 1. The van der Waals surface area contributed by atoms with Crippen LogP contribution < -0.4 is 14.8 Å². The summed E-state index contributed by atoms with van der Waals surface area (Å²) in [5.41, 5.74) is 0.985. The molecule has 130 valence electrons. The third kappa shape index (κ3) is 8.02. The van der Waals surface area contributed by atoms with Gasteiger partial charge in [0.25, 0.3) is 0 Å². The quantitative estimate of drug-likeness (QED) is 0.456. The number of hydrogen-bond donors (Lipinski definition) is 2. The van der Waals surface area contributed by atoms with Gasteiger partial charge in [-0.25, -0.2) is 0 Å². The molecule has 5 heteroatoms. The lowest BCUT2D eigenvalue weighted by molar-refractivity contribution is 0.104. The van der Waals surface area contributed by atoms with Crippen LogP contribution in [0.1, 0.15) is 19.4 Å². The van der Waals surface area contributed by atoms with Gasteiger partial charge >= 0.3 is 0 Å². The maximum atomic E-state index is 9.93. The lowest BCUT2D eigenvalue weighted by Gasteiger charge is -2.17. The van der Waals surface area contributed by atoms with E-state index >= 15 is 0 Å². The summed E-state index contributed by atoms with van der Waals surface area (Å²) in [6, 6.07) is 6.00. The second-order valence-electron chi connectivity index (χ2n) is 5.63. The molecule has 2 N–H and O–H groups in total. The molecule has 1 rings (SSSR count). The Balaban J connectivity index is 2.60. The van der Waals surface area contributed by atoms with Gasteiger partial charge in [-0.3, -0.25) is 0 Å². The van der Waals surface area contributed by atoms with Gasteiger partial charge in [-0.05, 0) is 24.6 Å². The summed E-state index contributed by atoms with van der Waals surface area (Å²) in [5.74, 6) is 1.51. The lowest BCUT2D eigenvalue weighted by Crippen LogP contribution is -2.35. The average Bonchev–Trinajstić information content (AvgIpc) is 2.52. The van der Waals surface area contributed by atoms with Gasteiger partial charge in [0.15, 0.2) is 0 Å². The molecular formula is C18H29NO4. The molecule has 0 heterocycles. The van der Waals surface area contributed by atoms with Gasteiger partial charge < -0.3 is 24.6 Å². The monoisotopic (exact) mass is 323 g/mol. The van der Waals surface area contributed by atoms with Crippen LogP contribution in [0.5, 0.6) is 11.5 Å². The van der Waals surface area contributed by atoms with Gasteiger partial charge in [0.1, 0.15) is 30.8 Å². The molecular weight excluding hydrogens is 294 g/mol. The Kier molecular flexibility index (Phi) is 9.36. The van der Waals surface area contributed by atoms with Crippen molar-refractivity contribution in [3.05, 3.63) is 36.4 Å². The summed E-state index contributed by atoms with van der Waals surface area (Å²) in [4.78, 5) is 0. The molecule has 0 aliphatic heterocycles. The zero-order valence-electron chi connectivity index (χ0n) is 14.4. The fraction of sp³-hybridized carbons (Fsp3) is 0.556. The van der Waals surface area contributed by atoms with Crippen LogP contribution in [0, 0.1) is 0 Å². The zero-order valence-corrected chi connectivity index (χ0v) is 14.4. The fourth-order valence-electron chi connectivity index (χ4n) is 1.96. The van der Waals surface area contributed by atoms with E-state index in [1.807, 2.05) is 38.1 Å². The second kappa shape index (κ2) is 11.0. The highest BCUT2D eigenvalue weighted by Crippen LogP contribution is 2.25. The van der Waals surface area contributed by atoms with Crippen molar-refractivity contribution in [3.63, 3.8) is 0 Å². The standard InChI is InChI=1S/C18H29NO4/c1-5-6-15-11-17(22-10-9-21-4)7-8-18(15)23-13-16(20)12-19-14(2)3/h5,7-8,11,14,16,19-20H,1,6,9-10,12-13H2,2-4H3. The Hall–Kier alpha value is -1.56. The van der Waals surface area contributed by atoms with Crippen molar-refractivity contribution >= 4 is 0 Å². The summed E-state index contributed by atoms with van der Waals surface area (Å²) in [6.45, 7) is 9.65. The van der Waals surface area contributed by atoms with Crippen LogP contribution in [-0.2, 0) is 11.2 Å². The summed E-state index contributed by atoms with van der Waals surface area (Å²) < 4.78 is 16.3. The van der Waals surface area contributed by atoms with E-state index in [1.54, 1.807) is 7.11 Å². The van der Waals surface area contributed by atoms with E-state index in [1.165, 1.54) is 0 Å². The highest BCUT2D eigenvalue weighted by atomic mass is 16.5. The molecule has 0 aromatic heterocycles. The maximum Gasteiger partial charge on any atom is 0.123 e. The first-order valence-electron chi connectivity index (χ1n) is 7.96. The minimum atomic E-state index is -0.549. The van der Waals surface area contributed by atoms with Gasteiger partial charge in [-0.2, -0.15) is 0 Å². The van der Waals surface area contributed by atoms with Crippen molar-refractivity contribution in [2.75, 3.05) is 33.5 Å². The molecule has 0 fully saturated rings. The molecule has 0 spiro atoms. The molecule has 0 aliphatic carbocycles. The number of nitrogens with one attached hydrogen (secondary N) is 1. The fourth-order valence-corrected chi connectivity index (χ4v) is 1.96. The van der Waals surface area contributed by atoms with Crippen molar-refractivity contribution in [1.82, 2.24) is 5.32 Å². The number of methoxy groups -OCH3 is 1. The number of benzene rings is 1. The molecule has 1 aromatic rings. The lowest BCUT2D eigenvalue weighted by atomic mass is 10.1. The van der Waals surface area contributed by atoms with Gasteiger partial charge in [-0.15, -0.1) is 6.58 Å². The normalized spacial score (nSPS) is 12.2. The number of rotatable bonds is 12. The third-order valence-corrected chi connectivity index (χ3v) is 3.15. The van der Waals surface area contributed by atoms with Crippen LogP contribution in [0.25, 0.3) is 0 Å². The summed E-state index contributed by atoms with van der Waals surface area (Å²) in [7, 11) is 1.64. The molecule has 0 aliphatic rings. The number of ether oxygens (including phenoxy) is 3. The first-order chi connectivity index (χ1) is 11.1. The molecule has 0 amide bonds. The molecule has 1 atom stereocenters. The van der Waals surface area contributed by atoms with Gasteiger partial charge in [0.2, 0.25) is 0 Å². The van der Waals surface area contributed by atoms with E-state index in [4.69, 9.17) is 14.2 Å². The van der Waals surface area contributed by atoms with Crippen LogP contribution in [0.3, 0.4) is 0 Å². The maximum absolute atomic E-state index is 9.93. The summed E-state index contributed by atoms with van der Waals surface area (Å²) in [6.07, 6.45) is 1.95. The largest absolute Gasteiger partial charge is 0.491 e. The molecule has 0 radical (unpaired) electrons. The predicted molar refractivity (Wildman–Crippen MR) is 92.4 cm³/mol. The first kappa shape index (κ1) is 19.5. The molecule has 5 nitrogen and oxygen atoms in total. The van der Waals surface area contributed by atoms with Crippen LogP contribution in [0.2, 0.25) is 0 Å². The van der Waals surface area contributed by atoms with E-state index in [0.29, 0.717) is 32.2 Å². The number of aliphatic hydroxyl groups excluding tert-OH is 1.